The summed E-state index contributed by atoms with van der Waals surface area (Å²) in [5.74, 6) is -0.421. The largest absolute Gasteiger partial charge is 0.332 e. The zero-order valence-corrected chi connectivity index (χ0v) is 14.7. The van der Waals surface area contributed by atoms with Gasteiger partial charge in [0, 0.05) is 17.2 Å². The maximum Gasteiger partial charge on any atom is 0.274 e. The average Bonchev–Trinajstić information content (AvgIpc) is 2.56. The summed E-state index contributed by atoms with van der Waals surface area (Å²) in [6, 6.07) is 11.6. The van der Waals surface area contributed by atoms with E-state index < -0.39 is 10.8 Å². The minimum atomic E-state index is -0.475. The SMILES string of the molecule is Cc1c(NC(=S)NC(=O)/C=C/c2ccc(Cl)cc2)cccc1[N+](=O)[O-]. The van der Waals surface area contributed by atoms with E-state index in [1.807, 2.05) is 0 Å². The Labute approximate surface area is 154 Å². The van der Waals surface area contributed by atoms with Crippen LogP contribution in [0.4, 0.5) is 11.4 Å². The molecule has 2 N–H and O–H groups in total. The van der Waals surface area contributed by atoms with Crippen molar-refractivity contribution in [2.45, 2.75) is 6.92 Å². The molecule has 128 valence electrons. The first-order valence-electron chi connectivity index (χ1n) is 7.16. The van der Waals surface area contributed by atoms with Gasteiger partial charge in [-0.05, 0) is 49.0 Å². The smallest absolute Gasteiger partial charge is 0.274 e. The van der Waals surface area contributed by atoms with Crippen molar-refractivity contribution >= 4 is 52.3 Å². The van der Waals surface area contributed by atoms with Crippen LogP contribution < -0.4 is 10.6 Å². The van der Waals surface area contributed by atoms with Crippen molar-refractivity contribution in [1.82, 2.24) is 5.32 Å². The first-order chi connectivity index (χ1) is 11.9. The number of thiocarbonyl (C=S) groups is 1. The van der Waals surface area contributed by atoms with Crippen LogP contribution in [0.25, 0.3) is 6.08 Å². The lowest BCUT2D eigenvalue weighted by Gasteiger charge is -2.10. The summed E-state index contributed by atoms with van der Waals surface area (Å²) in [5, 5.41) is 16.9. The molecule has 1 amide bonds. The lowest BCUT2D eigenvalue weighted by Crippen LogP contribution is -2.33. The molecule has 0 saturated heterocycles. The van der Waals surface area contributed by atoms with Crippen LogP contribution in [0.2, 0.25) is 5.02 Å². The Morgan fingerprint density at radius 2 is 1.92 bits per heavy atom. The van der Waals surface area contributed by atoms with Gasteiger partial charge in [-0.3, -0.25) is 20.2 Å². The molecule has 0 aliphatic carbocycles. The number of nitro groups is 1. The van der Waals surface area contributed by atoms with E-state index in [-0.39, 0.29) is 10.8 Å². The van der Waals surface area contributed by atoms with Crippen LogP contribution in [0.5, 0.6) is 0 Å². The topological polar surface area (TPSA) is 84.3 Å². The number of benzene rings is 2. The Morgan fingerprint density at radius 3 is 2.56 bits per heavy atom. The number of amides is 1. The Bertz CT molecular complexity index is 851. The van der Waals surface area contributed by atoms with Gasteiger partial charge in [-0.25, -0.2) is 0 Å². The van der Waals surface area contributed by atoms with E-state index in [2.05, 4.69) is 10.6 Å². The summed E-state index contributed by atoms with van der Waals surface area (Å²) in [6.45, 7) is 1.60. The molecule has 0 fully saturated rings. The van der Waals surface area contributed by atoms with Gasteiger partial charge in [-0.1, -0.05) is 29.8 Å². The number of anilines is 1. The second-order valence-electron chi connectivity index (χ2n) is 5.04. The third-order valence-electron chi connectivity index (χ3n) is 3.28. The van der Waals surface area contributed by atoms with E-state index >= 15 is 0 Å². The molecule has 25 heavy (non-hydrogen) atoms. The third kappa shape index (κ3) is 5.37. The van der Waals surface area contributed by atoms with Crippen molar-refractivity contribution in [3.63, 3.8) is 0 Å². The molecule has 0 heterocycles. The van der Waals surface area contributed by atoms with E-state index in [0.717, 1.165) is 5.56 Å². The fourth-order valence-corrected chi connectivity index (χ4v) is 2.35. The Morgan fingerprint density at radius 1 is 1.24 bits per heavy atom. The van der Waals surface area contributed by atoms with Gasteiger partial charge in [0.25, 0.3) is 5.69 Å². The molecular weight excluding hydrogens is 362 g/mol. The van der Waals surface area contributed by atoms with Gasteiger partial charge in [0.2, 0.25) is 5.91 Å². The number of hydrogen-bond acceptors (Lipinski definition) is 4. The van der Waals surface area contributed by atoms with Crippen LogP contribution in [0.1, 0.15) is 11.1 Å². The maximum atomic E-state index is 11.9. The number of rotatable bonds is 4. The van der Waals surface area contributed by atoms with E-state index in [0.29, 0.717) is 16.3 Å². The zero-order valence-electron chi connectivity index (χ0n) is 13.2. The molecule has 0 saturated carbocycles. The minimum Gasteiger partial charge on any atom is -0.332 e. The molecule has 0 unspecified atom stereocenters. The molecular formula is C17H14ClN3O3S. The number of halogens is 1. The quantitative estimate of drug-likeness (QED) is 0.364. The molecule has 6 nitrogen and oxygen atoms in total. The summed E-state index contributed by atoms with van der Waals surface area (Å²) >= 11 is 10.9. The van der Waals surface area contributed by atoms with Crippen molar-refractivity contribution in [1.29, 1.82) is 0 Å². The van der Waals surface area contributed by atoms with Gasteiger partial charge in [0.1, 0.15) is 0 Å². The summed E-state index contributed by atoms with van der Waals surface area (Å²) in [4.78, 5) is 22.3. The summed E-state index contributed by atoms with van der Waals surface area (Å²) < 4.78 is 0. The van der Waals surface area contributed by atoms with Crippen molar-refractivity contribution in [2.75, 3.05) is 5.32 Å². The fraction of sp³-hybridized carbons (Fsp3) is 0.0588. The predicted molar refractivity (Wildman–Crippen MR) is 103 cm³/mol. The van der Waals surface area contributed by atoms with Crippen LogP contribution in [0, 0.1) is 17.0 Å². The monoisotopic (exact) mass is 375 g/mol. The van der Waals surface area contributed by atoms with Gasteiger partial charge < -0.3 is 5.32 Å². The van der Waals surface area contributed by atoms with E-state index in [1.165, 1.54) is 12.1 Å². The number of nitrogens with zero attached hydrogens (tertiary/aromatic N) is 1. The molecule has 0 aliphatic rings. The van der Waals surface area contributed by atoms with Crippen molar-refractivity contribution in [3.05, 3.63) is 74.8 Å². The number of nitro benzene ring substituents is 1. The standard InChI is InChI=1S/C17H14ClN3O3S/c1-11-14(3-2-4-15(11)21(23)24)19-17(25)20-16(22)10-7-12-5-8-13(18)9-6-12/h2-10H,1H3,(H2,19,20,22,25)/b10-7+. The van der Waals surface area contributed by atoms with Crippen molar-refractivity contribution in [2.24, 2.45) is 0 Å². The number of carbonyl (C=O) groups excluding carboxylic acids is 1. The molecule has 0 radical (unpaired) electrons. The van der Waals surface area contributed by atoms with Gasteiger partial charge in [0.05, 0.1) is 16.2 Å². The summed E-state index contributed by atoms with van der Waals surface area (Å²) in [7, 11) is 0. The minimum absolute atomic E-state index is 0.0261. The highest BCUT2D eigenvalue weighted by molar-refractivity contribution is 7.80. The van der Waals surface area contributed by atoms with Gasteiger partial charge in [0.15, 0.2) is 5.11 Å². The normalized spacial score (nSPS) is 10.5. The molecule has 2 aromatic rings. The molecule has 2 rings (SSSR count). The maximum absolute atomic E-state index is 11.9. The fourth-order valence-electron chi connectivity index (χ4n) is 2.01. The average molecular weight is 376 g/mol. The van der Waals surface area contributed by atoms with Gasteiger partial charge in [-0.15, -0.1) is 0 Å². The van der Waals surface area contributed by atoms with Crippen LogP contribution in [0.15, 0.2) is 48.5 Å². The van der Waals surface area contributed by atoms with E-state index in [4.69, 9.17) is 23.8 Å². The lowest BCUT2D eigenvalue weighted by atomic mass is 10.1. The molecule has 8 heteroatoms. The highest BCUT2D eigenvalue weighted by Gasteiger charge is 2.14. The highest BCUT2D eigenvalue weighted by Crippen LogP contribution is 2.24. The van der Waals surface area contributed by atoms with Gasteiger partial charge in [-0.2, -0.15) is 0 Å². The molecule has 0 aliphatic heterocycles. The Balaban J connectivity index is 1.98. The van der Waals surface area contributed by atoms with Crippen LogP contribution >= 0.6 is 23.8 Å². The molecule has 0 aromatic heterocycles. The number of hydrogen-bond donors (Lipinski definition) is 2. The van der Waals surface area contributed by atoms with Crippen LogP contribution in [-0.2, 0) is 4.79 Å². The van der Waals surface area contributed by atoms with Crippen molar-refractivity contribution in [3.8, 4) is 0 Å². The predicted octanol–water partition coefficient (Wildman–Crippen LogP) is 4.08. The number of carbonyl (C=O) groups is 1. The Hall–Kier alpha value is -2.77. The highest BCUT2D eigenvalue weighted by atomic mass is 35.5. The van der Waals surface area contributed by atoms with Crippen molar-refractivity contribution < 1.29 is 9.72 Å². The van der Waals surface area contributed by atoms with E-state index in [9.17, 15) is 14.9 Å². The molecule has 0 atom stereocenters. The van der Waals surface area contributed by atoms with Crippen LogP contribution in [-0.4, -0.2) is 15.9 Å². The molecule has 0 bridgehead atoms. The third-order valence-corrected chi connectivity index (χ3v) is 3.74. The summed E-state index contributed by atoms with van der Waals surface area (Å²) in [5.41, 5.74) is 1.68. The van der Waals surface area contributed by atoms with Gasteiger partial charge >= 0.3 is 0 Å². The first kappa shape index (κ1) is 18.6. The Kier molecular flexibility index (Phi) is 6.21. The molecule has 2 aromatic carbocycles. The summed E-state index contributed by atoms with van der Waals surface area (Å²) in [6.07, 6.45) is 2.95. The lowest BCUT2D eigenvalue weighted by molar-refractivity contribution is -0.385. The second kappa shape index (κ2) is 8.36. The zero-order chi connectivity index (χ0) is 18.4. The first-order valence-corrected chi connectivity index (χ1v) is 7.95. The molecule has 0 spiro atoms. The number of nitrogens with one attached hydrogen (secondary N) is 2. The van der Waals surface area contributed by atoms with E-state index in [1.54, 1.807) is 49.4 Å². The van der Waals surface area contributed by atoms with Crippen LogP contribution in [0.3, 0.4) is 0 Å². The second-order valence-corrected chi connectivity index (χ2v) is 5.88.